The Balaban J connectivity index is 1.48. The standard InChI is InChI=1S/C28H29NO3/c30-26-16-17-29(19-23-10-4-1-5-11-23)27(18-26)28(32-21-25-14-8-3-9-15-25)22-31-20-24-12-6-2-7-13-24/h1-17,27-28H,18-22H2/t27-,28+/m0/s1. The number of ether oxygens (including phenoxy) is 2. The van der Waals surface area contributed by atoms with Crippen molar-refractivity contribution in [2.45, 2.75) is 38.3 Å². The topological polar surface area (TPSA) is 38.8 Å². The van der Waals surface area contributed by atoms with Crippen molar-refractivity contribution in [3.05, 3.63) is 120 Å². The molecule has 0 aromatic heterocycles. The van der Waals surface area contributed by atoms with E-state index >= 15 is 0 Å². The molecule has 4 heteroatoms. The molecule has 1 aliphatic heterocycles. The maximum atomic E-state index is 12.3. The first-order valence-electron chi connectivity index (χ1n) is 11.1. The van der Waals surface area contributed by atoms with Crippen LogP contribution >= 0.6 is 0 Å². The van der Waals surface area contributed by atoms with Gasteiger partial charge >= 0.3 is 0 Å². The molecule has 32 heavy (non-hydrogen) atoms. The lowest BCUT2D eigenvalue weighted by Gasteiger charge is -2.38. The highest BCUT2D eigenvalue weighted by Crippen LogP contribution is 2.23. The summed E-state index contributed by atoms with van der Waals surface area (Å²) < 4.78 is 12.4. The van der Waals surface area contributed by atoms with Gasteiger partial charge in [-0.25, -0.2) is 0 Å². The maximum absolute atomic E-state index is 12.3. The van der Waals surface area contributed by atoms with Crippen LogP contribution in [0.2, 0.25) is 0 Å². The van der Waals surface area contributed by atoms with Crippen LogP contribution < -0.4 is 0 Å². The van der Waals surface area contributed by atoms with E-state index in [4.69, 9.17) is 9.47 Å². The van der Waals surface area contributed by atoms with Gasteiger partial charge in [0.25, 0.3) is 0 Å². The molecular formula is C28H29NO3. The largest absolute Gasteiger partial charge is 0.374 e. The van der Waals surface area contributed by atoms with E-state index in [0.717, 1.165) is 17.7 Å². The molecule has 2 atom stereocenters. The summed E-state index contributed by atoms with van der Waals surface area (Å²) in [6.07, 6.45) is 3.74. The van der Waals surface area contributed by atoms with Crippen molar-refractivity contribution in [1.29, 1.82) is 0 Å². The van der Waals surface area contributed by atoms with Gasteiger partial charge in [-0.15, -0.1) is 0 Å². The average molecular weight is 428 g/mol. The normalized spacial score (nSPS) is 16.8. The molecule has 3 aromatic rings. The van der Waals surface area contributed by atoms with E-state index in [2.05, 4.69) is 41.3 Å². The minimum Gasteiger partial charge on any atom is -0.374 e. The molecule has 0 unspecified atom stereocenters. The Kier molecular flexibility index (Phi) is 7.85. The summed E-state index contributed by atoms with van der Waals surface area (Å²) in [5.41, 5.74) is 3.42. The number of hydrogen-bond donors (Lipinski definition) is 0. The smallest absolute Gasteiger partial charge is 0.159 e. The molecule has 164 valence electrons. The molecule has 0 amide bonds. The van der Waals surface area contributed by atoms with Gasteiger partial charge in [-0.2, -0.15) is 0 Å². The first kappa shape index (κ1) is 22.0. The zero-order valence-electron chi connectivity index (χ0n) is 18.2. The van der Waals surface area contributed by atoms with Crippen LogP contribution in [0, 0.1) is 0 Å². The highest BCUT2D eigenvalue weighted by molar-refractivity contribution is 5.90. The van der Waals surface area contributed by atoms with E-state index in [-0.39, 0.29) is 17.9 Å². The van der Waals surface area contributed by atoms with Crippen molar-refractivity contribution in [3.8, 4) is 0 Å². The highest BCUT2D eigenvalue weighted by Gasteiger charge is 2.31. The van der Waals surface area contributed by atoms with Gasteiger partial charge in [-0.05, 0) is 22.8 Å². The Bertz CT molecular complexity index is 989. The molecule has 0 spiro atoms. The molecule has 4 nitrogen and oxygen atoms in total. The second-order valence-electron chi connectivity index (χ2n) is 8.05. The Hall–Kier alpha value is -3.21. The Morgan fingerprint density at radius 2 is 1.34 bits per heavy atom. The summed E-state index contributed by atoms with van der Waals surface area (Å²) in [7, 11) is 0. The third-order valence-electron chi connectivity index (χ3n) is 5.63. The fourth-order valence-electron chi connectivity index (χ4n) is 3.90. The molecule has 1 heterocycles. The SMILES string of the molecule is O=C1C=CN(Cc2ccccc2)[C@H]([C@@H](COCc2ccccc2)OCc2ccccc2)C1. The van der Waals surface area contributed by atoms with Gasteiger partial charge in [0.05, 0.1) is 25.9 Å². The van der Waals surface area contributed by atoms with Gasteiger partial charge in [0.2, 0.25) is 0 Å². The Morgan fingerprint density at radius 1 is 0.781 bits per heavy atom. The lowest BCUT2D eigenvalue weighted by atomic mass is 9.99. The third-order valence-corrected chi connectivity index (χ3v) is 5.63. The molecule has 3 aromatic carbocycles. The quantitative estimate of drug-likeness (QED) is 0.449. The van der Waals surface area contributed by atoms with E-state index in [9.17, 15) is 4.79 Å². The first-order valence-corrected chi connectivity index (χ1v) is 11.1. The predicted octanol–water partition coefficient (Wildman–Crippen LogP) is 5.15. The maximum Gasteiger partial charge on any atom is 0.159 e. The number of allylic oxidation sites excluding steroid dienone is 1. The molecule has 0 bridgehead atoms. The number of carbonyl (C=O) groups is 1. The minimum absolute atomic E-state index is 0.0906. The molecule has 0 fully saturated rings. The molecule has 0 N–H and O–H groups in total. The van der Waals surface area contributed by atoms with Gasteiger partial charge in [-0.1, -0.05) is 91.0 Å². The lowest BCUT2D eigenvalue weighted by molar-refractivity contribution is -0.120. The van der Waals surface area contributed by atoms with E-state index in [0.29, 0.717) is 26.2 Å². The summed E-state index contributed by atoms with van der Waals surface area (Å²) in [5.74, 6) is 0.121. The monoisotopic (exact) mass is 427 g/mol. The molecule has 0 radical (unpaired) electrons. The van der Waals surface area contributed by atoms with Gasteiger partial charge in [0.1, 0.15) is 6.10 Å². The van der Waals surface area contributed by atoms with Crippen LogP contribution in [0.5, 0.6) is 0 Å². The molecular weight excluding hydrogens is 398 g/mol. The van der Waals surface area contributed by atoms with Crippen molar-refractivity contribution in [1.82, 2.24) is 4.90 Å². The number of benzene rings is 3. The Labute approximate surface area is 190 Å². The highest BCUT2D eigenvalue weighted by atomic mass is 16.5. The van der Waals surface area contributed by atoms with E-state index < -0.39 is 0 Å². The molecule has 4 rings (SSSR count). The van der Waals surface area contributed by atoms with Crippen LogP contribution in [0.15, 0.2) is 103 Å². The van der Waals surface area contributed by atoms with Gasteiger partial charge < -0.3 is 14.4 Å². The molecule has 0 saturated heterocycles. The van der Waals surface area contributed by atoms with Crippen molar-refractivity contribution in [2.24, 2.45) is 0 Å². The first-order chi connectivity index (χ1) is 15.8. The lowest BCUT2D eigenvalue weighted by Crippen LogP contribution is -2.47. The molecule has 1 aliphatic rings. The summed E-state index contributed by atoms with van der Waals surface area (Å²) >= 11 is 0. The van der Waals surface area contributed by atoms with Crippen LogP contribution in [0.4, 0.5) is 0 Å². The van der Waals surface area contributed by atoms with E-state index in [1.165, 1.54) is 5.56 Å². The second-order valence-corrected chi connectivity index (χ2v) is 8.05. The third kappa shape index (κ3) is 6.39. The van der Waals surface area contributed by atoms with Crippen molar-refractivity contribution >= 4 is 5.78 Å². The van der Waals surface area contributed by atoms with E-state index in [1.807, 2.05) is 60.8 Å². The van der Waals surface area contributed by atoms with Crippen LogP contribution in [0.25, 0.3) is 0 Å². The van der Waals surface area contributed by atoms with Gasteiger partial charge in [0.15, 0.2) is 5.78 Å². The molecule has 0 aliphatic carbocycles. The average Bonchev–Trinajstić information content (AvgIpc) is 2.84. The van der Waals surface area contributed by atoms with Crippen LogP contribution in [0.1, 0.15) is 23.1 Å². The van der Waals surface area contributed by atoms with Crippen LogP contribution in [-0.2, 0) is 34.0 Å². The predicted molar refractivity (Wildman–Crippen MR) is 126 cm³/mol. The van der Waals surface area contributed by atoms with Crippen molar-refractivity contribution in [3.63, 3.8) is 0 Å². The Morgan fingerprint density at radius 3 is 1.97 bits per heavy atom. The zero-order chi connectivity index (χ0) is 22.0. The number of rotatable bonds is 10. The van der Waals surface area contributed by atoms with Gasteiger partial charge in [0, 0.05) is 19.2 Å². The number of carbonyl (C=O) groups excluding carboxylic acids is 1. The summed E-state index contributed by atoms with van der Waals surface area (Å²) in [6.45, 7) is 2.13. The fourth-order valence-corrected chi connectivity index (χ4v) is 3.90. The number of hydrogen-bond acceptors (Lipinski definition) is 4. The minimum atomic E-state index is -0.239. The second kappa shape index (κ2) is 11.4. The summed E-state index contributed by atoms with van der Waals surface area (Å²) in [6, 6.07) is 30.4. The van der Waals surface area contributed by atoms with Crippen LogP contribution in [0.3, 0.4) is 0 Å². The number of nitrogens with zero attached hydrogens (tertiary/aromatic N) is 1. The fraction of sp³-hybridized carbons (Fsp3) is 0.250. The summed E-state index contributed by atoms with van der Waals surface area (Å²) in [5, 5.41) is 0. The van der Waals surface area contributed by atoms with Crippen LogP contribution in [-0.4, -0.2) is 29.4 Å². The zero-order valence-corrected chi connectivity index (χ0v) is 18.2. The van der Waals surface area contributed by atoms with Gasteiger partial charge in [-0.3, -0.25) is 4.79 Å². The molecule has 0 saturated carbocycles. The van der Waals surface area contributed by atoms with Crippen molar-refractivity contribution in [2.75, 3.05) is 6.61 Å². The van der Waals surface area contributed by atoms with Crippen molar-refractivity contribution < 1.29 is 14.3 Å². The van der Waals surface area contributed by atoms with E-state index in [1.54, 1.807) is 6.08 Å². The summed E-state index contributed by atoms with van der Waals surface area (Å²) in [4.78, 5) is 14.5. The number of ketones is 1.